The SMILES string of the molecule is COc1ccc(CNc2cccc(C)c2)cc1Cl. The van der Waals surface area contributed by atoms with Crippen LogP contribution in [0.5, 0.6) is 5.75 Å². The molecule has 0 fully saturated rings. The largest absolute Gasteiger partial charge is 0.495 e. The van der Waals surface area contributed by atoms with Gasteiger partial charge in [-0.3, -0.25) is 0 Å². The van der Waals surface area contributed by atoms with Crippen molar-refractivity contribution < 1.29 is 4.74 Å². The van der Waals surface area contributed by atoms with E-state index in [1.54, 1.807) is 7.11 Å². The maximum Gasteiger partial charge on any atom is 0.137 e. The third kappa shape index (κ3) is 3.17. The molecule has 2 aromatic rings. The second-order valence-electron chi connectivity index (χ2n) is 4.19. The van der Waals surface area contributed by atoms with Crippen molar-refractivity contribution in [3.05, 3.63) is 58.6 Å². The lowest BCUT2D eigenvalue weighted by Crippen LogP contribution is -1.99. The smallest absolute Gasteiger partial charge is 0.137 e. The fourth-order valence-corrected chi connectivity index (χ4v) is 2.06. The molecule has 1 N–H and O–H groups in total. The molecule has 0 atom stereocenters. The average Bonchev–Trinajstić information content (AvgIpc) is 2.37. The molecule has 0 bridgehead atoms. The maximum absolute atomic E-state index is 6.08. The third-order valence-electron chi connectivity index (χ3n) is 2.73. The minimum absolute atomic E-state index is 0.640. The Hall–Kier alpha value is -1.67. The van der Waals surface area contributed by atoms with E-state index in [2.05, 4.69) is 30.4 Å². The van der Waals surface area contributed by atoms with Gasteiger partial charge in [-0.15, -0.1) is 0 Å². The number of benzene rings is 2. The predicted molar refractivity (Wildman–Crippen MR) is 76.5 cm³/mol. The highest BCUT2D eigenvalue weighted by molar-refractivity contribution is 6.32. The van der Waals surface area contributed by atoms with E-state index in [-0.39, 0.29) is 0 Å². The summed E-state index contributed by atoms with van der Waals surface area (Å²) in [5, 5.41) is 4.01. The van der Waals surface area contributed by atoms with Crippen LogP contribution >= 0.6 is 11.6 Å². The van der Waals surface area contributed by atoms with Crippen LogP contribution in [0.2, 0.25) is 5.02 Å². The van der Waals surface area contributed by atoms with E-state index >= 15 is 0 Å². The Kier molecular flexibility index (Phi) is 4.11. The van der Waals surface area contributed by atoms with E-state index in [9.17, 15) is 0 Å². The van der Waals surface area contributed by atoms with Crippen molar-refractivity contribution in [2.75, 3.05) is 12.4 Å². The number of nitrogens with one attached hydrogen (secondary N) is 1. The Morgan fingerprint density at radius 2 is 2.00 bits per heavy atom. The highest BCUT2D eigenvalue weighted by atomic mass is 35.5. The van der Waals surface area contributed by atoms with Gasteiger partial charge in [-0.2, -0.15) is 0 Å². The molecule has 0 heterocycles. The molecule has 0 radical (unpaired) electrons. The molecule has 18 heavy (non-hydrogen) atoms. The van der Waals surface area contributed by atoms with Crippen molar-refractivity contribution in [3.63, 3.8) is 0 Å². The van der Waals surface area contributed by atoms with Gasteiger partial charge in [0.2, 0.25) is 0 Å². The lowest BCUT2D eigenvalue weighted by Gasteiger charge is -2.09. The first-order chi connectivity index (χ1) is 8.69. The van der Waals surface area contributed by atoms with Crippen LogP contribution in [0, 0.1) is 6.92 Å². The minimum Gasteiger partial charge on any atom is -0.495 e. The second kappa shape index (κ2) is 5.78. The van der Waals surface area contributed by atoms with Crippen molar-refractivity contribution >= 4 is 17.3 Å². The summed E-state index contributed by atoms with van der Waals surface area (Å²) in [7, 11) is 1.62. The topological polar surface area (TPSA) is 21.3 Å². The number of hydrogen-bond donors (Lipinski definition) is 1. The van der Waals surface area contributed by atoms with Crippen molar-refractivity contribution in [2.45, 2.75) is 13.5 Å². The fraction of sp³-hybridized carbons (Fsp3) is 0.200. The van der Waals surface area contributed by atoms with Gasteiger partial charge in [0, 0.05) is 12.2 Å². The van der Waals surface area contributed by atoms with Gasteiger partial charge >= 0.3 is 0 Å². The summed E-state index contributed by atoms with van der Waals surface area (Å²) in [6, 6.07) is 14.1. The molecule has 0 aliphatic heterocycles. The van der Waals surface area contributed by atoms with Gasteiger partial charge in [0.25, 0.3) is 0 Å². The molecule has 0 spiro atoms. The summed E-state index contributed by atoms with van der Waals surface area (Å²) in [5.74, 6) is 0.705. The quantitative estimate of drug-likeness (QED) is 0.888. The van der Waals surface area contributed by atoms with Crippen molar-refractivity contribution in [2.24, 2.45) is 0 Å². The molecular weight excluding hydrogens is 246 g/mol. The number of hydrogen-bond acceptors (Lipinski definition) is 2. The molecule has 3 heteroatoms. The van der Waals surface area contributed by atoms with E-state index in [0.717, 1.165) is 17.8 Å². The van der Waals surface area contributed by atoms with Crippen LogP contribution in [-0.2, 0) is 6.54 Å². The number of ether oxygens (including phenoxy) is 1. The molecular formula is C15H16ClNO. The summed E-state index contributed by atoms with van der Waals surface area (Å²) in [6.07, 6.45) is 0. The fourth-order valence-electron chi connectivity index (χ4n) is 1.78. The number of rotatable bonds is 4. The standard InChI is InChI=1S/C15H16ClNO/c1-11-4-3-5-13(8-11)17-10-12-6-7-15(18-2)14(16)9-12/h3-9,17H,10H2,1-2H3. The molecule has 0 saturated heterocycles. The second-order valence-corrected chi connectivity index (χ2v) is 4.60. The molecule has 0 amide bonds. The average molecular weight is 262 g/mol. The number of methoxy groups -OCH3 is 1. The van der Waals surface area contributed by atoms with Crippen molar-refractivity contribution in [3.8, 4) is 5.75 Å². The number of aryl methyl sites for hydroxylation is 1. The van der Waals surface area contributed by atoms with E-state index in [1.165, 1.54) is 5.56 Å². The number of anilines is 1. The van der Waals surface area contributed by atoms with Gasteiger partial charge in [0.15, 0.2) is 0 Å². The molecule has 2 aromatic carbocycles. The van der Waals surface area contributed by atoms with Crippen LogP contribution in [0.1, 0.15) is 11.1 Å². The molecule has 0 unspecified atom stereocenters. The molecule has 0 aliphatic carbocycles. The van der Waals surface area contributed by atoms with Crippen molar-refractivity contribution in [1.29, 1.82) is 0 Å². The van der Waals surface area contributed by atoms with E-state index < -0.39 is 0 Å². The lowest BCUT2D eigenvalue weighted by molar-refractivity contribution is 0.415. The Morgan fingerprint density at radius 3 is 2.67 bits per heavy atom. The summed E-state index contributed by atoms with van der Waals surface area (Å²) in [4.78, 5) is 0. The van der Waals surface area contributed by atoms with Gasteiger partial charge in [-0.1, -0.05) is 29.8 Å². The van der Waals surface area contributed by atoms with Crippen LogP contribution in [0.4, 0.5) is 5.69 Å². The van der Waals surface area contributed by atoms with Crippen LogP contribution in [-0.4, -0.2) is 7.11 Å². The van der Waals surface area contributed by atoms with Crippen LogP contribution in [0.15, 0.2) is 42.5 Å². The van der Waals surface area contributed by atoms with Crippen LogP contribution in [0.25, 0.3) is 0 Å². The molecule has 2 rings (SSSR count). The third-order valence-corrected chi connectivity index (χ3v) is 3.03. The van der Waals surface area contributed by atoms with Crippen molar-refractivity contribution in [1.82, 2.24) is 0 Å². The lowest BCUT2D eigenvalue weighted by atomic mass is 10.2. The minimum atomic E-state index is 0.640. The zero-order chi connectivity index (χ0) is 13.0. The van der Waals surface area contributed by atoms with Crippen LogP contribution in [0.3, 0.4) is 0 Å². The summed E-state index contributed by atoms with van der Waals surface area (Å²) in [6.45, 7) is 2.82. The first kappa shape index (κ1) is 12.8. The van der Waals surface area contributed by atoms with Crippen LogP contribution < -0.4 is 10.1 Å². The normalized spacial score (nSPS) is 10.2. The maximum atomic E-state index is 6.08. The monoisotopic (exact) mass is 261 g/mol. The summed E-state index contributed by atoms with van der Waals surface area (Å²) >= 11 is 6.08. The molecule has 0 aromatic heterocycles. The Bertz CT molecular complexity index is 540. The summed E-state index contributed by atoms with van der Waals surface area (Å²) < 4.78 is 5.13. The van der Waals surface area contributed by atoms with E-state index in [0.29, 0.717) is 10.8 Å². The first-order valence-electron chi connectivity index (χ1n) is 5.82. The summed E-state index contributed by atoms with van der Waals surface area (Å²) in [5.41, 5.74) is 3.48. The predicted octanol–water partition coefficient (Wildman–Crippen LogP) is 4.27. The highest BCUT2D eigenvalue weighted by Gasteiger charge is 2.01. The van der Waals surface area contributed by atoms with Gasteiger partial charge in [-0.05, 0) is 42.3 Å². The first-order valence-corrected chi connectivity index (χ1v) is 6.20. The van der Waals surface area contributed by atoms with Gasteiger partial charge in [0.05, 0.1) is 12.1 Å². The highest BCUT2D eigenvalue weighted by Crippen LogP contribution is 2.25. The number of halogens is 1. The molecule has 2 nitrogen and oxygen atoms in total. The Labute approximate surface area is 113 Å². The van der Waals surface area contributed by atoms with Gasteiger partial charge in [-0.25, -0.2) is 0 Å². The zero-order valence-corrected chi connectivity index (χ0v) is 11.3. The van der Waals surface area contributed by atoms with Gasteiger partial charge < -0.3 is 10.1 Å². The molecule has 0 saturated carbocycles. The molecule has 0 aliphatic rings. The Morgan fingerprint density at radius 1 is 1.17 bits per heavy atom. The molecule has 94 valence electrons. The van der Waals surface area contributed by atoms with Gasteiger partial charge in [0.1, 0.15) is 5.75 Å². The zero-order valence-electron chi connectivity index (χ0n) is 10.5. The Balaban J connectivity index is 2.04. The van der Waals surface area contributed by atoms with E-state index in [1.807, 2.05) is 24.3 Å². The van der Waals surface area contributed by atoms with E-state index in [4.69, 9.17) is 16.3 Å².